The van der Waals surface area contributed by atoms with Crippen molar-refractivity contribution in [3.8, 4) is 0 Å². The molecule has 0 aromatic heterocycles. The number of rotatable bonds is 3. The molecule has 0 saturated carbocycles. The van der Waals surface area contributed by atoms with Gasteiger partial charge in [0.05, 0.1) is 31.5 Å². The van der Waals surface area contributed by atoms with Crippen LogP contribution in [0.2, 0.25) is 0 Å². The lowest BCUT2D eigenvalue weighted by Gasteiger charge is -2.37. The highest BCUT2D eigenvalue weighted by Gasteiger charge is 2.54. The Kier molecular flexibility index (Phi) is 4.48. The molecule has 8 unspecified atom stereocenters. The van der Waals surface area contributed by atoms with Crippen LogP contribution in [0.15, 0.2) is 0 Å². The number of aliphatic hydroxyl groups is 1. The van der Waals surface area contributed by atoms with Crippen molar-refractivity contribution in [1.82, 2.24) is 0 Å². The summed E-state index contributed by atoms with van der Waals surface area (Å²) in [4.78, 5) is 0. The normalized spacial score (nSPS) is 47.3. The zero-order valence-electron chi connectivity index (χ0n) is 16.2. The van der Waals surface area contributed by atoms with Crippen LogP contribution >= 0.6 is 0 Å². The molecule has 0 radical (unpaired) electrons. The summed E-state index contributed by atoms with van der Waals surface area (Å²) in [5.41, 5.74) is 0.220. The third-order valence-corrected chi connectivity index (χ3v) is 6.91. The molecule has 0 spiro atoms. The standard InChI is InChI=1S/C20H34O5/c1-19(2,3)15-7-11-6-12(24-17(11)25-15)8-20(4,5)13-9-22-18-16(13)14(21)10-23-18/h11-18,21H,6-10H2,1-5H3. The minimum absolute atomic E-state index is 0.0296. The average molecular weight is 354 g/mol. The monoisotopic (exact) mass is 354 g/mol. The molecule has 4 fully saturated rings. The number of hydrogen-bond donors (Lipinski definition) is 1. The van der Waals surface area contributed by atoms with Gasteiger partial charge in [-0.2, -0.15) is 0 Å². The number of aliphatic hydroxyl groups excluding tert-OH is 1. The third kappa shape index (κ3) is 3.27. The van der Waals surface area contributed by atoms with E-state index < -0.39 is 6.10 Å². The molecule has 5 heteroatoms. The van der Waals surface area contributed by atoms with Gasteiger partial charge in [0.25, 0.3) is 0 Å². The molecule has 4 saturated heterocycles. The van der Waals surface area contributed by atoms with Crippen LogP contribution in [0, 0.1) is 28.6 Å². The Balaban J connectivity index is 1.36. The molecule has 8 atom stereocenters. The molecule has 0 bridgehead atoms. The van der Waals surface area contributed by atoms with Crippen molar-refractivity contribution in [3.05, 3.63) is 0 Å². The molecular formula is C20H34O5. The highest BCUT2D eigenvalue weighted by atomic mass is 16.7. The van der Waals surface area contributed by atoms with Crippen LogP contribution in [0.1, 0.15) is 53.9 Å². The zero-order valence-corrected chi connectivity index (χ0v) is 16.2. The van der Waals surface area contributed by atoms with Crippen LogP contribution in [-0.4, -0.2) is 49.2 Å². The van der Waals surface area contributed by atoms with Crippen molar-refractivity contribution in [3.63, 3.8) is 0 Å². The molecule has 1 N–H and O–H groups in total. The summed E-state index contributed by atoms with van der Waals surface area (Å²) in [7, 11) is 0. The number of hydrogen-bond acceptors (Lipinski definition) is 5. The molecule has 0 aliphatic carbocycles. The maximum absolute atomic E-state index is 10.3. The summed E-state index contributed by atoms with van der Waals surface area (Å²) in [5.74, 6) is 0.928. The van der Waals surface area contributed by atoms with E-state index in [9.17, 15) is 5.11 Å². The molecule has 4 aliphatic rings. The second-order valence-corrected chi connectivity index (χ2v) is 10.3. The fourth-order valence-electron chi connectivity index (χ4n) is 5.35. The largest absolute Gasteiger partial charge is 0.390 e. The van der Waals surface area contributed by atoms with Gasteiger partial charge in [0.1, 0.15) is 0 Å². The Bertz CT molecular complexity index is 485. The van der Waals surface area contributed by atoms with E-state index in [0.717, 1.165) is 19.3 Å². The molecule has 0 amide bonds. The summed E-state index contributed by atoms with van der Waals surface area (Å²) in [6.07, 6.45) is 3.05. The van der Waals surface area contributed by atoms with Crippen molar-refractivity contribution < 1.29 is 24.1 Å². The molecule has 4 aliphatic heterocycles. The Morgan fingerprint density at radius 2 is 1.64 bits per heavy atom. The van der Waals surface area contributed by atoms with Gasteiger partial charge in [0, 0.05) is 11.8 Å². The van der Waals surface area contributed by atoms with E-state index >= 15 is 0 Å². The first-order chi connectivity index (χ1) is 11.6. The molecular weight excluding hydrogens is 320 g/mol. The van der Waals surface area contributed by atoms with Gasteiger partial charge in [0.15, 0.2) is 12.6 Å². The minimum atomic E-state index is -0.406. The van der Waals surface area contributed by atoms with Crippen LogP contribution in [0.5, 0.6) is 0 Å². The van der Waals surface area contributed by atoms with E-state index in [1.165, 1.54) is 0 Å². The fourth-order valence-corrected chi connectivity index (χ4v) is 5.35. The van der Waals surface area contributed by atoms with E-state index in [0.29, 0.717) is 31.2 Å². The van der Waals surface area contributed by atoms with Crippen LogP contribution in [-0.2, 0) is 18.9 Å². The lowest BCUT2D eigenvalue weighted by Crippen LogP contribution is -2.38. The second kappa shape index (κ2) is 6.16. The first kappa shape index (κ1) is 18.2. The van der Waals surface area contributed by atoms with Gasteiger partial charge in [-0.05, 0) is 36.0 Å². The predicted molar refractivity (Wildman–Crippen MR) is 92.8 cm³/mol. The fraction of sp³-hybridized carbons (Fsp3) is 1.00. The topological polar surface area (TPSA) is 57.2 Å². The van der Waals surface area contributed by atoms with E-state index in [1.54, 1.807) is 0 Å². The first-order valence-corrected chi connectivity index (χ1v) is 9.87. The van der Waals surface area contributed by atoms with Crippen LogP contribution in [0.25, 0.3) is 0 Å². The van der Waals surface area contributed by atoms with Gasteiger partial charge in [0.2, 0.25) is 0 Å². The highest BCUT2D eigenvalue weighted by molar-refractivity contribution is 4.98. The summed E-state index contributed by atoms with van der Waals surface area (Å²) >= 11 is 0. The van der Waals surface area contributed by atoms with Crippen molar-refractivity contribution in [1.29, 1.82) is 0 Å². The second-order valence-electron chi connectivity index (χ2n) is 10.3. The molecule has 4 rings (SSSR count). The molecule has 0 aromatic rings. The molecule has 0 aromatic carbocycles. The summed E-state index contributed by atoms with van der Waals surface area (Å²) in [5, 5.41) is 10.3. The van der Waals surface area contributed by atoms with Gasteiger partial charge in [-0.25, -0.2) is 0 Å². The average Bonchev–Trinajstić information content (AvgIpc) is 3.18. The number of ether oxygens (including phenoxy) is 4. The van der Waals surface area contributed by atoms with Crippen molar-refractivity contribution >= 4 is 0 Å². The molecule has 144 valence electrons. The minimum Gasteiger partial charge on any atom is -0.390 e. The lowest BCUT2D eigenvalue weighted by atomic mass is 9.68. The predicted octanol–water partition coefficient (Wildman–Crippen LogP) is 2.95. The number of fused-ring (bicyclic) bond motifs is 2. The van der Waals surface area contributed by atoms with Crippen molar-refractivity contribution in [2.75, 3.05) is 13.2 Å². The highest BCUT2D eigenvalue weighted by Crippen LogP contribution is 2.50. The summed E-state index contributed by atoms with van der Waals surface area (Å²) in [6, 6.07) is 0. The van der Waals surface area contributed by atoms with Crippen LogP contribution in [0.3, 0.4) is 0 Å². The summed E-state index contributed by atoms with van der Waals surface area (Å²) < 4.78 is 23.8. The van der Waals surface area contributed by atoms with E-state index in [2.05, 4.69) is 34.6 Å². The molecule has 4 heterocycles. The maximum Gasteiger partial charge on any atom is 0.163 e. The van der Waals surface area contributed by atoms with Gasteiger partial charge < -0.3 is 24.1 Å². The van der Waals surface area contributed by atoms with Crippen LogP contribution < -0.4 is 0 Å². The van der Waals surface area contributed by atoms with E-state index in [1.807, 2.05) is 0 Å². The molecule has 25 heavy (non-hydrogen) atoms. The zero-order chi connectivity index (χ0) is 18.0. The lowest BCUT2D eigenvalue weighted by molar-refractivity contribution is -0.162. The van der Waals surface area contributed by atoms with Crippen molar-refractivity contribution in [2.45, 2.75) is 84.8 Å². The SMILES string of the molecule is CC(C)(C)C1CC2CC(CC(C)(C)C3COC4OCC(O)C43)OC2O1. The van der Waals surface area contributed by atoms with Gasteiger partial charge in [-0.3, -0.25) is 0 Å². The smallest absolute Gasteiger partial charge is 0.163 e. The Morgan fingerprint density at radius 3 is 2.32 bits per heavy atom. The Labute approximate surface area is 151 Å². The van der Waals surface area contributed by atoms with Crippen LogP contribution in [0.4, 0.5) is 0 Å². The van der Waals surface area contributed by atoms with Crippen molar-refractivity contribution in [2.24, 2.45) is 28.6 Å². The van der Waals surface area contributed by atoms with Gasteiger partial charge in [-0.1, -0.05) is 34.6 Å². The molecule has 5 nitrogen and oxygen atoms in total. The van der Waals surface area contributed by atoms with Gasteiger partial charge >= 0.3 is 0 Å². The van der Waals surface area contributed by atoms with E-state index in [4.69, 9.17) is 18.9 Å². The van der Waals surface area contributed by atoms with Gasteiger partial charge in [-0.15, -0.1) is 0 Å². The first-order valence-electron chi connectivity index (χ1n) is 9.87. The third-order valence-electron chi connectivity index (χ3n) is 6.91. The quantitative estimate of drug-likeness (QED) is 0.844. The maximum atomic E-state index is 10.3. The Morgan fingerprint density at radius 1 is 0.920 bits per heavy atom. The van der Waals surface area contributed by atoms with E-state index in [-0.39, 0.29) is 35.4 Å². The summed E-state index contributed by atoms with van der Waals surface area (Å²) in [6.45, 7) is 12.4. The Hall–Kier alpha value is -0.200.